The molecular weight excluding hydrogens is 356 g/mol. The van der Waals surface area contributed by atoms with Crippen LogP contribution in [0.1, 0.15) is 24.2 Å². The third-order valence-corrected chi connectivity index (χ3v) is 3.29. The van der Waals surface area contributed by atoms with Gasteiger partial charge in [-0.25, -0.2) is 4.79 Å². The van der Waals surface area contributed by atoms with Crippen LogP contribution in [0.5, 0.6) is 11.5 Å². The molecule has 0 radical (unpaired) electrons. The van der Waals surface area contributed by atoms with E-state index < -0.39 is 5.97 Å². The first-order chi connectivity index (χ1) is 9.95. The number of hydrogen-bond donors (Lipinski definition) is 0. The van der Waals surface area contributed by atoms with Crippen molar-refractivity contribution in [3.05, 3.63) is 57.5 Å². The fourth-order valence-corrected chi connectivity index (χ4v) is 2.17. The van der Waals surface area contributed by atoms with E-state index in [1.165, 1.54) is 0 Å². The van der Waals surface area contributed by atoms with Crippen LogP contribution in [0.2, 0.25) is 5.02 Å². The van der Waals surface area contributed by atoms with Crippen LogP contribution in [0.4, 0.5) is 0 Å². The fraction of sp³-hybridized carbons (Fsp3) is 0.188. The maximum Gasteiger partial charge on any atom is 0.347 e. The minimum atomic E-state index is -0.478. The van der Waals surface area contributed by atoms with Gasteiger partial charge in [0.05, 0.1) is 6.10 Å². The normalized spacial score (nSPS) is 10.5. The van der Waals surface area contributed by atoms with E-state index in [1.807, 2.05) is 19.9 Å². The molecule has 0 fully saturated rings. The van der Waals surface area contributed by atoms with Crippen molar-refractivity contribution in [1.82, 2.24) is 0 Å². The summed E-state index contributed by atoms with van der Waals surface area (Å²) in [5.41, 5.74) is 0.369. The lowest BCUT2D eigenvalue weighted by Gasteiger charge is -2.14. The highest BCUT2D eigenvalue weighted by atomic mass is 79.9. The number of ether oxygens (including phenoxy) is 2. The highest BCUT2D eigenvalue weighted by molar-refractivity contribution is 9.10. The molecule has 21 heavy (non-hydrogen) atoms. The van der Waals surface area contributed by atoms with Crippen LogP contribution >= 0.6 is 27.5 Å². The Morgan fingerprint density at radius 1 is 1.14 bits per heavy atom. The molecule has 0 aromatic heterocycles. The second-order valence-electron chi connectivity index (χ2n) is 4.65. The average molecular weight is 370 g/mol. The first kappa shape index (κ1) is 15.9. The number of halogens is 2. The van der Waals surface area contributed by atoms with Crippen molar-refractivity contribution in [3.63, 3.8) is 0 Å². The Bertz CT molecular complexity index is 638. The van der Waals surface area contributed by atoms with E-state index in [4.69, 9.17) is 21.1 Å². The van der Waals surface area contributed by atoms with Crippen LogP contribution in [-0.4, -0.2) is 12.1 Å². The van der Waals surface area contributed by atoms with E-state index in [2.05, 4.69) is 15.9 Å². The Morgan fingerprint density at radius 2 is 1.81 bits per heavy atom. The van der Waals surface area contributed by atoms with Crippen LogP contribution in [0.3, 0.4) is 0 Å². The van der Waals surface area contributed by atoms with Gasteiger partial charge in [-0.05, 0) is 56.3 Å². The van der Waals surface area contributed by atoms with Gasteiger partial charge in [-0.1, -0.05) is 27.5 Å². The van der Waals surface area contributed by atoms with Crippen molar-refractivity contribution in [2.24, 2.45) is 0 Å². The largest absolute Gasteiger partial charge is 0.490 e. The van der Waals surface area contributed by atoms with Crippen molar-refractivity contribution < 1.29 is 14.3 Å². The lowest BCUT2D eigenvalue weighted by molar-refractivity contribution is 0.0728. The smallest absolute Gasteiger partial charge is 0.347 e. The summed E-state index contributed by atoms with van der Waals surface area (Å²) in [6, 6.07) is 11.8. The molecule has 0 atom stereocenters. The Hall–Kier alpha value is -1.52. The Balaban J connectivity index is 2.25. The SMILES string of the molecule is CC(C)Oc1ccc(Br)cc1C(=O)Oc1ccc(Cl)cc1. The van der Waals surface area contributed by atoms with E-state index in [9.17, 15) is 4.79 Å². The van der Waals surface area contributed by atoms with Crippen molar-refractivity contribution in [3.8, 4) is 11.5 Å². The molecule has 110 valence electrons. The molecule has 0 amide bonds. The van der Waals surface area contributed by atoms with Gasteiger partial charge in [0, 0.05) is 9.50 Å². The minimum Gasteiger partial charge on any atom is -0.490 e. The van der Waals surface area contributed by atoms with Crippen molar-refractivity contribution in [1.29, 1.82) is 0 Å². The van der Waals surface area contributed by atoms with Gasteiger partial charge in [-0.15, -0.1) is 0 Å². The molecular formula is C16H14BrClO3. The zero-order valence-electron chi connectivity index (χ0n) is 11.6. The molecule has 0 N–H and O–H groups in total. The number of carbonyl (C=O) groups excluding carboxylic acids is 1. The molecule has 0 spiro atoms. The third kappa shape index (κ3) is 4.48. The van der Waals surface area contributed by atoms with Gasteiger partial charge in [-0.2, -0.15) is 0 Å². The van der Waals surface area contributed by atoms with Gasteiger partial charge in [0.2, 0.25) is 0 Å². The molecule has 5 heteroatoms. The molecule has 3 nitrogen and oxygen atoms in total. The van der Waals surface area contributed by atoms with Crippen molar-refractivity contribution >= 4 is 33.5 Å². The van der Waals surface area contributed by atoms with E-state index in [0.717, 1.165) is 4.47 Å². The summed E-state index contributed by atoms with van der Waals surface area (Å²) in [5, 5.41) is 0.584. The van der Waals surface area contributed by atoms with Crippen molar-refractivity contribution in [2.45, 2.75) is 20.0 Å². The van der Waals surface area contributed by atoms with Gasteiger partial charge in [0.1, 0.15) is 17.1 Å². The van der Waals surface area contributed by atoms with Crippen molar-refractivity contribution in [2.75, 3.05) is 0 Å². The van der Waals surface area contributed by atoms with Crippen LogP contribution < -0.4 is 9.47 Å². The molecule has 0 aliphatic heterocycles. The maximum absolute atomic E-state index is 12.3. The van der Waals surface area contributed by atoms with Gasteiger partial charge in [0.15, 0.2) is 0 Å². The summed E-state index contributed by atoms with van der Waals surface area (Å²) in [4.78, 5) is 12.3. The fourth-order valence-electron chi connectivity index (χ4n) is 1.68. The molecule has 2 rings (SSSR count). The van der Waals surface area contributed by atoms with Gasteiger partial charge in [-0.3, -0.25) is 0 Å². The summed E-state index contributed by atoms with van der Waals surface area (Å²) in [6.45, 7) is 3.80. The molecule has 0 aliphatic rings. The molecule has 2 aromatic rings. The Morgan fingerprint density at radius 3 is 2.43 bits per heavy atom. The number of carbonyl (C=O) groups is 1. The molecule has 0 saturated carbocycles. The topological polar surface area (TPSA) is 35.5 Å². The average Bonchev–Trinajstić information content (AvgIpc) is 2.43. The van der Waals surface area contributed by atoms with Gasteiger partial charge < -0.3 is 9.47 Å². The highest BCUT2D eigenvalue weighted by Gasteiger charge is 2.16. The summed E-state index contributed by atoms with van der Waals surface area (Å²) in [7, 11) is 0. The number of hydrogen-bond acceptors (Lipinski definition) is 3. The van der Waals surface area contributed by atoms with Crippen LogP contribution in [0.15, 0.2) is 46.9 Å². The van der Waals surface area contributed by atoms with Gasteiger partial charge in [0.25, 0.3) is 0 Å². The Labute approximate surface area is 137 Å². The standard InChI is InChI=1S/C16H14BrClO3/c1-10(2)20-15-8-3-11(17)9-14(15)16(19)21-13-6-4-12(18)5-7-13/h3-10H,1-2H3. The molecule has 0 bridgehead atoms. The molecule has 0 aliphatic carbocycles. The van der Waals surface area contributed by atoms with E-state index in [1.54, 1.807) is 36.4 Å². The van der Waals surface area contributed by atoms with Crippen LogP contribution in [0.25, 0.3) is 0 Å². The molecule has 0 heterocycles. The molecule has 0 unspecified atom stereocenters. The maximum atomic E-state index is 12.3. The Kier molecular flexibility index (Phi) is 5.26. The summed E-state index contributed by atoms with van der Waals surface area (Å²) < 4.78 is 11.7. The predicted octanol–water partition coefficient (Wildman–Crippen LogP) is 5.11. The second-order valence-corrected chi connectivity index (χ2v) is 6.00. The lowest BCUT2D eigenvalue weighted by Crippen LogP contribution is -2.13. The third-order valence-electron chi connectivity index (χ3n) is 2.55. The van der Waals surface area contributed by atoms with E-state index in [-0.39, 0.29) is 6.10 Å². The molecule has 0 saturated heterocycles. The first-order valence-corrected chi connectivity index (χ1v) is 7.57. The first-order valence-electron chi connectivity index (χ1n) is 6.39. The summed E-state index contributed by atoms with van der Waals surface area (Å²) >= 11 is 9.15. The van der Waals surface area contributed by atoms with Gasteiger partial charge >= 0.3 is 5.97 Å². The van der Waals surface area contributed by atoms with E-state index in [0.29, 0.717) is 22.1 Å². The number of esters is 1. The summed E-state index contributed by atoms with van der Waals surface area (Å²) in [6.07, 6.45) is -0.0340. The highest BCUT2D eigenvalue weighted by Crippen LogP contribution is 2.26. The number of rotatable bonds is 4. The number of benzene rings is 2. The van der Waals surface area contributed by atoms with E-state index >= 15 is 0 Å². The molecule has 2 aromatic carbocycles. The second kappa shape index (κ2) is 6.96. The lowest BCUT2D eigenvalue weighted by atomic mass is 10.2. The quantitative estimate of drug-likeness (QED) is 0.555. The summed E-state index contributed by atoms with van der Waals surface area (Å²) in [5.74, 6) is 0.446. The van der Waals surface area contributed by atoms with Crippen LogP contribution in [0, 0.1) is 0 Å². The van der Waals surface area contributed by atoms with Crippen LogP contribution in [-0.2, 0) is 0 Å². The zero-order valence-corrected chi connectivity index (χ0v) is 13.9. The minimum absolute atomic E-state index is 0.0340. The monoisotopic (exact) mass is 368 g/mol. The predicted molar refractivity (Wildman–Crippen MR) is 86.3 cm³/mol. The zero-order chi connectivity index (χ0) is 15.4.